The van der Waals surface area contributed by atoms with Crippen LogP contribution in [0, 0.1) is 20.8 Å². The average molecular weight is 516 g/mol. The van der Waals surface area contributed by atoms with E-state index in [1.165, 1.54) is 5.56 Å². The molecule has 2 aromatic heterocycles. The first-order valence-electron chi connectivity index (χ1n) is 13.5. The molecule has 0 aliphatic carbocycles. The summed E-state index contributed by atoms with van der Waals surface area (Å²) < 4.78 is 4.24. The van der Waals surface area contributed by atoms with Gasteiger partial charge in [-0.3, -0.25) is 0 Å². The third-order valence-electron chi connectivity index (χ3n) is 7.59. The van der Waals surface area contributed by atoms with Gasteiger partial charge < -0.3 is 14.8 Å². The Morgan fingerprint density at radius 3 is 2.41 bits per heavy atom. The SMILES string of the molecule is CCc1nn(-c2ccccc2)c2c1CN(C(=O)Nc1cc(C)ccc1C)[C@H](c1ccc(C)cc1)c1cccn1-2. The van der Waals surface area contributed by atoms with Crippen molar-refractivity contribution in [1.82, 2.24) is 19.2 Å². The first-order chi connectivity index (χ1) is 18.9. The number of hydrogen-bond acceptors (Lipinski definition) is 2. The van der Waals surface area contributed by atoms with Crippen LogP contribution in [0.4, 0.5) is 10.5 Å². The second-order valence-electron chi connectivity index (χ2n) is 10.3. The van der Waals surface area contributed by atoms with Gasteiger partial charge in [0, 0.05) is 17.4 Å². The molecule has 0 saturated carbocycles. The van der Waals surface area contributed by atoms with E-state index in [1.54, 1.807) is 0 Å². The van der Waals surface area contributed by atoms with Crippen molar-refractivity contribution < 1.29 is 4.79 Å². The number of anilines is 1. The van der Waals surface area contributed by atoms with Gasteiger partial charge in [-0.15, -0.1) is 0 Å². The van der Waals surface area contributed by atoms with Gasteiger partial charge in [0.05, 0.1) is 29.7 Å². The number of amides is 2. The Bertz CT molecular complexity index is 1650. The Hall–Kier alpha value is -4.58. The van der Waals surface area contributed by atoms with Gasteiger partial charge in [0.15, 0.2) is 0 Å². The van der Waals surface area contributed by atoms with E-state index in [-0.39, 0.29) is 12.1 Å². The molecule has 0 fully saturated rings. The fourth-order valence-electron chi connectivity index (χ4n) is 5.51. The third kappa shape index (κ3) is 4.42. The number of rotatable bonds is 4. The van der Waals surface area contributed by atoms with Crippen LogP contribution >= 0.6 is 0 Å². The Morgan fingerprint density at radius 1 is 0.923 bits per heavy atom. The molecule has 2 amide bonds. The van der Waals surface area contributed by atoms with E-state index in [2.05, 4.69) is 84.5 Å². The summed E-state index contributed by atoms with van der Waals surface area (Å²) >= 11 is 0. The number of nitrogens with zero attached hydrogens (tertiary/aromatic N) is 4. The van der Waals surface area contributed by atoms with E-state index < -0.39 is 0 Å². The number of urea groups is 1. The van der Waals surface area contributed by atoms with Gasteiger partial charge in [-0.1, -0.05) is 67.1 Å². The lowest BCUT2D eigenvalue weighted by atomic mass is 10.0. The molecule has 1 N–H and O–H groups in total. The number of carbonyl (C=O) groups excluding carboxylic acids is 1. The molecule has 6 heteroatoms. The zero-order chi connectivity index (χ0) is 27.1. The molecule has 3 aromatic carbocycles. The minimum atomic E-state index is -0.285. The Kier molecular flexibility index (Phi) is 6.31. The lowest BCUT2D eigenvalue weighted by Gasteiger charge is -2.31. The number of aromatic nitrogens is 3. The standard InChI is InChI=1S/C33H33N5O/c1-5-28-27-21-37(33(39)34-29-20-23(3)13-16-24(29)4)31(25-17-14-22(2)15-18-25)30-12-9-19-36(30)32(27)38(35-28)26-10-7-6-8-11-26/h6-20,31H,5,21H2,1-4H3,(H,34,39)/t31-/m1/s1. The van der Waals surface area contributed by atoms with Crippen LogP contribution in [0.3, 0.4) is 0 Å². The highest BCUT2D eigenvalue weighted by atomic mass is 16.2. The van der Waals surface area contributed by atoms with Gasteiger partial charge in [0.2, 0.25) is 0 Å². The van der Waals surface area contributed by atoms with Crippen molar-refractivity contribution >= 4 is 11.7 Å². The number of nitrogens with one attached hydrogen (secondary N) is 1. The maximum atomic E-state index is 14.2. The molecule has 0 bridgehead atoms. The van der Waals surface area contributed by atoms with E-state index in [4.69, 9.17) is 5.10 Å². The largest absolute Gasteiger partial charge is 0.322 e. The number of benzene rings is 3. The fourth-order valence-corrected chi connectivity index (χ4v) is 5.51. The zero-order valence-corrected chi connectivity index (χ0v) is 22.8. The molecule has 0 spiro atoms. The van der Waals surface area contributed by atoms with Crippen LogP contribution in [0.5, 0.6) is 0 Å². The van der Waals surface area contributed by atoms with Crippen LogP contribution in [0.1, 0.15) is 52.2 Å². The lowest BCUT2D eigenvalue weighted by molar-refractivity contribution is 0.194. The molecule has 1 aliphatic rings. The van der Waals surface area contributed by atoms with Crippen molar-refractivity contribution in [2.75, 3.05) is 5.32 Å². The maximum Gasteiger partial charge on any atom is 0.322 e. The first-order valence-corrected chi connectivity index (χ1v) is 13.5. The first kappa shape index (κ1) is 24.7. The minimum absolute atomic E-state index is 0.135. The predicted octanol–water partition coefficient (Wildman–Crippen LogP) is 7.29. The van der Waals surface area contributed by atoms with E-state index >= 15 is 0 Å². The molecule has 1 atom stereocenters. The number of aryl methyl sites for hydroxylation is 4. The number of hydrogen-bond donors (Lipinski definition) is 1. The van der Waals surface area contributed by atoms with Crippen molar-refractivity contribution in [3.63, 3.8) is 0 Å². The summed E-state index contributed by atoms with van der Waals surface area (Å²) in [6.07, 6.45) is 2.85. The summed E-state index contributed by atoms with van der Waals surface area (Å²) in [6, 6.07) is 28.6. The van der Waals surface area contributed by atoms with Gasteiger partial charge in [0.1, 0.15) is 5.82 Å². The third-order valence-corrected chi connectivity index (χ3v) is 7.59. The van der Waals surface area contributed by atoms with Crippen LogP contribution in [0.25, 0.3) is 11.5 Å². The number of fused-ring (bicyclic) bond motifs is 3. The van der Waals surface area contributed by atoms with Crippen molar-refractivity contribution in [1.29, 1.82) is 0 Å². The lowest BCUT2D eigenvalue weighted by Crippen LogP contribution is -2.38. The summed E-state index contributed by atoms with van der Waals surface area (Å²) in [5, 5.41) is 8.29. The molecule has 0 saturated heterocycles. The molecule has 3 heterocycles. The molecule has 6 rings (SSSR count). The molecular weight excluding hydrogens is 482 g/mol. The molecule has 196 valence electrons. The van der Waals surface area contributed by atoms with Crippen LogP contribution in [0.2, 0.25) is 0 Å². The van der Waals surface area contributed by atoms with Gasteiger partial charge >= 0.3 is 6.03 Å². The van der Waals surface area contributed by atoms with Gasteiger partial charge in [-0.05, 0) is 74.2 Å². The highest BCUT2D eigenvalue weighted by Gasteiger charge is 2.36. The van der Waals surface area contributed by atoms with E-state index in [0.29, 0.717) is 6.54 Å². The quantitative estimate of drug-likeness (QED) is 0.273. The van der Waals surface area contributed by atoms with E-state index in [1.807, 2.05) is 53.8 Å². The highest BCUT2D eigenvalue weighted by Crippen LogP contribution is 2.39. The summed E-state index contributed by atoms with van der Waals surface area (Å²) in [5.74, 6) is 0.984. The van der Waals surface area contributed by atoms with Crippen LogP contribution in [-0.4, -0.2) is 25.3 Å². The van der Waals surface area contributed by atoms with Crippen molar-refractivity contribution in [2.45, 2.75) is 46.7 Å². The zero-order valence-electron chi connectivity index (χ0n) is 22.8. The Labute approximate surface area is 229 Å². The smallest absolute Gasteiger partial charge is 0.308 e. The predicted molar refractivity (Wildman–Crippen MR) is 156 cm³/mol. The molecule has 0 unspecified atom stereocenters. The van der Waals surface area contributed by atoms with Gasteiger partial charge in [-0.2, -0.15) is 5.10 Å². The molecule has 0 radical (unpaired) electrons. The second kappa shape index (κ2) is 9.95. The Morgan fingerprint density at radius 2 is 1.67 bits per heavy atom. The second-order valence-corrected chi connectivity index (χ2v) is 10.3. The van der Waals surface area contributed by atoms with Crippen molar-refractivity contribution in [2.24, 2.45) is 0 Å². The van der Waals surface area contributed by atoms with Gasteiger partial charge in [0.25, 0.3) is 0 Å². The average Bonchev–Trinajstić information content (AvgIpc) is 3.53. The summed E-state index contributed by atoms with van der Waals surface area (Å²) in [4.78, 5) is 16.2. The fraction of sp³-hybridized carbons (Fsp3) is 0.212. The van der Waals surface area contributed by atoms with Crippen molar-refractivity contribution in [3.8, 4) is 11.5 Å². The maximum absolute atomic E-state index is 14.2. The summed E-state index contributed by atoms with van der Waals surface area (Å²) in [6.45, 7) is 8.71. The van der Waals surface area contributed by atoms with E-state index in [9.17, 15) is 4.79 Å². The summed E-state index contributed by atoms with van der Waals surface area (Å²) in [5.41, 5.74) is 9.29. The normalized spacial score (nSPS) is 14.5. The minimum Gasteiger partial charge on any atom is -0.308 e. The van der Waals surface area contributed by atoms with Crippen LogP contribution in [0.15, 0.2) is 91.1 Å². The number of para-hydroxylation sites is 1. The Balaban J connectivity index is 1.55. The molecule has 39 heavy (non-hydrogen) atoms. The van der Waals surface area contributed by atoms with E-state index in [0.717, 1.165) is 57.3 Å². The molecule has 1 aliphatic heterocycles. The highest BCUT2D eigenvalue weighted by molar-refractivity contribution is 5.91. The molecule has 6 nitrogen and oxygen atoms in total. The summed E-state index contributed by atoms with van der Waals surface area (Å²) in [7, 11) is 0. The van der Waals surface area contributed by atoms with Crippen LogP contribution in [-0.2, 0) is 13.0 Å². The monoisotopic (exact) mass is 515 g/mol. The number of carbonyl (C=O) groups is 1. The molecular formula is C33H33N5O. The topological polar surface area (TPSA) is 55.1 Å². The van der Waals surface area contributed by atoms with Gasteiger partial charge in [-0.25, -0.2) is 9.48 Å². The van der Waals surface area contributed by atoms with Crippen molar-refractivity contribution in [3.05, 3.63) is 130 Å². The molecule has 5 aromatic rings. The van der Waals surface area contributed by atoms with Crippen LogP contribution < -0.4 is 5.32 Å².